The van der Waals surface area contributed by atoms with E-state index in [1.807, 2.05) is 85.2 Å². The predicted molar refractivity (Wildman–Crippen MR) is 163 cm³/mol. The summed E-state index contributed by atoms with van der Waals surface area (Å²) in [5.74, 6) is 0.593. The molecule has 4 aromatic rings. The molecule has 1 N–H and O–H groups in total. The van der Waals surface area contributed by atoms with Crippen molar-refractivity contribution in [1.82, 2.24) is 20.0 Å². The number of para-hydroxylation sites is 1. The average Bonchev–Trinajstić information content (AvgIpc) is 3.25. The summed E-state index contributed by atoms with van der Waals surface area (Å²) in [5, 5.41) is 8.02. The Morgan fingerprint density at radius 2 is 1.77 bits per heavy atom. The Bertz CT molecular complexity index is 1510. The van der Waals surface area contributed by atoms with Gasteiger partial charge in [-0.15, -0.1) is 11.8 Å². The largest absolute Gasteiger partial charge is 0.353 e. The SMILES string of the molecule is Cc1cccc(C2SCC(=O)N(CC(=O)NCCN(C)C)c3c2c(-c2ccccc2)nn3-c2ccccc2C)c1. The van der Waals surface area contributed by atoms with Crippen molar-refractivity contribution < 1.29 is 9.59 Å². The molecule has 0 spiro atoms. The smallest absolute Gasteiger partial charge is 0.240 e. The zero-order chi connectivity index (χ0) is 28.2. The van der Waals surface area contributed by atoms with E-state index in [2.05, 4.69) is 36.5 Å². The number of fused-ring (bicyclic) bond motifs is 1. The number of carbonyl (C=O) groups is 2. The van der Waals surface area contributed by atoms with Gasteiger partial charge >= 0.3 is 0 Å². The molecule has 1 unspecified atom stereocenters. The molecule has 1 aliphatic heterocycles. The minimum atomic E-state index is -0.195. The maximum Gasteiger partial charge on any atom is 0.240 e. The van der Waals surface area contributed by atoms with Crippen molar-refractivity contribution in [2.75, 3.05) is 44.4 Å². The van der Waals surface area contributed by atoms with E-state index in [4.69, 9.17) is 5.10 Å². The molecule has 1 atom stereocenters. The van der Waals surface area contributed by atoms with Gasteiger partial charge in [-0.05, 0) is 45.1 Å². The highest BCUT2D eigenvalue weighted by atomic mass is 32.2. The first-order valence-electron chi connectivity index (χ1n) is 13.5. The lowest BCUT2D eigenvalue weighted by Gasteiger charge is -2.24. The maximum absolute atomic E-state index is 13.8. The number of benzene rings is 3. The van der Waals surface area contributed by atoms with Gasteiger partial charge in [0.1, 0.15) is 12.4 Å². The van der Waals surface area contributed by atoms with Crippen LogP contribution in [0.2, 0.25) is 0 Å². The van der Waals surface area contributed by atoms with Crippen LogP contribution in [0.15, 0.2) is 78.9 Å². The average molecular weight is 554 g/mol. The summed E-state index contributed by atoms with van der Waals surface area (Å²) < 4.78 is 1.87. The van der Waals surface area contributed by atoms with Crippen LogP contribution in [0, 0.1) is 13.8 Å². The number of rotatable bonds is 8. The summed E-state index contributed by atoms with van der Waals surface area (Å²) in [7, 11) is 3.93. The summed E-state index contributed by atoms with van der Waals surface area (Å²) in [6, 6.07) is 26.5. The van der Waals surface area contributed by atoms with E-state index in [-0.39, 0.29) is 29.4 Å². The van der Waals surface area contributed by atoms with Crippen LogP contribution in [-0.2, 0) is 9.59 Å². The van der Waals surface area contributed by atoms with Crippen molar-refractivity contribution >= 4 is 29.4 Å². The molecule has 5 rings (SSSR count). The number of aromatic nitrogens is 2. The molecule has 206 valence electrons. The lowest BCUT2D eigenvalue weighted by molar-refractivity contribution is -0.122. The molecular formula is C32H35N5O2S. The molecule has 8 heteroatoms. The number of likely N-dealkylation sites (N-methyl/N-ethyl adjacent to an activating group) is 1. The maximum atomic E-state index is 13.8. The number of carbonyl (C=O) groups excluding carboxylic acids is 2. The van der Waals surface area contributed by atoms with Crippen LogP contribution in [-0.4, -0.2) is 66.0 Å². The van der Waals surface area contributed by atoms with Crippen molar-refractivity contribution in [2.45, 2.75) is 19.1 Å². The number of hydrogen-bond acceptors (Lipinski definition) is 5. The Balaban J connectivity index is 1.74. The molecule has 40 heavy (non-hydrogen) atoms. The zero-order valence-corrected chi connectivity index (χ0v) is 24.2. The molecule has 0 bridgehead atoms. The van der Waals surface area contributed by atoms with E-state index < -0.39 is 0 Å². The molecule has 7 nitrogen and oxygen atoms in total. The van der Waals surface area contributed by atoms with Gasteiger partial charge < -0.3 is 10.2 Å². The van der Waals surface area contributed by atoms with E-state index >= 15 is 0 Å². The molecule has 3 aromatic carbocycles. The molecule has 2 amide bonds. The third-order valence-electron chi connectivity index (χ3n) is 7.01. The predicted octanol–water partition coefficient (Wildman–Crippen LogP) is 5.00. The van der Waals surface area contributed by atoms with E-state index in [9.17, 15) is 9.59 Å². The molecule has 0 aliphatic carbocycles. The minimum Gasteiger partial charge on any atom is -0.353 e. The Hall–Kier alpha value is -3.88. The quantitative estimate of drug-likeness (QED) is 0.333. The van der Waals surface area contributed by atoms with Gasteiger partial charge in [0, 0.05) is 24.2 Å². The number of nitrogens with zero attached hydrogens (tertiary/aromatic N) is 4. The van der Waals surface area contributed by atoms with Crippen molar-refractivity contribution in [1.29, 1.82) is 0 Å². The first kappa shape index (κ1) is 27.7. The second-order valence-corrected chi connectivity index (χ2v) is 11.5. The number of aryl methyl sites for hydroxylation is 2. The topological polar surface area (TPSA) is 70.5 Å². The minimum absolute atomic E-state index is 0.0772. The number of amides is 2. The fraction of sp³-hybridized carbons (Fsp3) is 0.281. The Morgan fingerprint density at radius 3 is 2.50 bits per heavy atom. The van der Waals surface area contributed by atoms with Crippen LogP contribution in [0.4, 0.5) is 5.82 Å². The van der Waals surface area contributed by atoms with Gasteiger partial charge in [0.05, 0.1) is 22.4 Å². The monoisotopic (exact) mass is 553 g/mol. The number of hydrogen-bond donors (Lipinski definition) is 1. The first-order chi connectivity index (χ1) is 19.3. The second-order valence-electron chi connectivity index (χ2n) is 10.4. The zero-order valence-electron chi connectivity index (χ0n) is 23.4. The summed E-state index contributed by atoms with van der Waals surface area (Å²) >= 11 is 1.59. The highest BCUT2D eigenvalue weighted by Crippen LogP contribution is 2.48. The van der Waals surface area contributed by atoms with Crippen LogP contribution in [0.5, 0.6) is 0 Å². The van der Waals surface area contributed by atoms with Crippen molar-refractivity contribution in [3.05, 3.63) is 101 Å². The van der Waals surface area contributed by atoms with Crippen LogP contribution >= 0.6 is 11.8 Å². The molecule has 2 heterocycles. The lowest BCUT2D eigenvalue weighted by atomic mass is 9.98. The van der Waals surface area contributed by atoms with Gasteiger partial charge in [-0.25, -0.2) is 4.68 Å². The molecule has 0 saturated carbocycles. The van der Waals surface area contributed by atoms with Gasteiger partial charge in [-0.2, -0.15) is 5.10 Å². The van der Waals surface area contributed by atoms with Crippen LogP contribution < -0.4 is 10.2 Å². The first-order valence-corrected chi connectivity index (χ1v) is 14.5. The van der Waals surface area contributed by atoms with Gasteiger partial charge in [0.15, 0.2) is 0 Å². The van der Waals surface area contributed by atoms with Crippen LogP contribution in [0.1, 0.15) is 27.5 Å². The van der Waals surface area contributed by atoms with E-state index in [1.165, 1.54) is 0 Å². The lowest BCUT2D eigenvalue weighted by Crippen LogP contribution is -2.43. The Morgan fingerprint density at radius 1 is 1.02 bits per heavy atom. The summed E-state index contributed by atoms with van der Waals surface area (Å²) in [5.41, 5.74) is 6.88. The van der Waals surface area contributed by atoms with Gasteiger partial charge in [0.2, 0.25) is 11.8 Å². The number of nitrogens with one attached hydrogen (secondary N) is 1. The Kier molecular flexibility index (Phi) is 8.38. The number of anilines is 1. The molecular weight excluding hydrogens is 518 g/mol. The number of thioether (sulfide) groups is 1. The molecule has 1 aromatic heterocycles. The fourth-order valence-corrected chi connectivity index (χ4v) is 6.20. The van der Waals surface area contributed by atoms with Gasteiger partial charge in [-0.3, -0.25) is 14.5 Å². The third-order valence-corrected chi connectivity index (χ3v) is 8.26. The van der Waals surface area contributed by atoms with E-state index in [1.54, 1.807) is 16.7 Å². The van der Waals surface area contributed by atoms with E-state index in [0.29, 0.717) is 12.4 Å². The third kappa shape index (κ3) is 5.83. The van der Waals surface area contributed by atoms with Gasteiger partial charge in [-0.1, -0.05) is 78.4 Å². The molecule has 0 saturated heterocycles. The van der Waals surface area contributed by atoms with Crippen molar-refractivity contribution in [3.63, 3.8) is 0 Å². The molecule has 1 aliphatic rings. The molecule has 0 fully saturated rings. The highest BCUT2D eigenvalue weighted by molar-refractivity contribution is 8.00. The van der Waals surface area contributed by atoms with Crippen LogP contribution in [0.3, 0.4) is 0 Å². The summed E-state index contributed by atoms with van der Waals surface area (Å²) in [4.78, 5) is 30.7. The molecule has 0 radical (unpaired) electrons. The highest BCUT2D eigenvalue weighted by Gasteiger charge is 2.37. The van der Waals surface area contributed by atoms with E-state index in [0.717, 1.165) is 45.7 Å². The van der Waals surface area contributed by atoms with Crippen LogP contribution in [0.25, 0.3) is 16.9 Å². The normalized spacial score (nSPS) is 15.2. The van der Waals surface area contributed by atoms with Crippen molar-refractivity contribution in [2.24, 2.45) is 0 Å². The standard InChI is InChI=1S/C32H35N5O2S/c1-22-11-10-15-25(19-22)31-29-30(24-13-6-5-7-14-24)34-37(26-16-9-8-12-23(26)2)32(29)36(28(39)21-40-31)20-27(38)33-17-18-35(3)4/h5-16,19,31H,17-18,20-21H2,1-4H3,(H,33,38). The Labute approximate surface area is 240 Å². The van der Waals surface area contributed by atoms with Crippen molar-refractivity contribution in [3.8, 4) is 16.9 Å². The summed E-state index contributed by atoms with van der Waals surface area (Å²) in [6.07, 6.45) is 0. The second kappa shape index (κ2) is 12.1. The van der Waals surface area contributed by atoms with Gasteiger partial charge in [0.25, 0.3) is 0 Å². The fourth-order valence-electron chi connectivity index (χ4n) is 5.01. The summed E-state index contributed by atoms with van der Waals surface area (Å²) in [6.45, 7) is 5.26.